The van der Waals surface area contributed by atoms with Gasteiger partial charge in [0.2, 0.25) is 0 Å². The molecule has 0 spiro atoms. The van der Waals surface area contributed by atoms with E-state index >= 15 is 0 Å². The molecule has 0 aliphatic rings. The Morgan fingerprint density at radius 3 is 1.73 bits per heavy atom. The first kappa shape index (κ1) is 14.1. The Hall–Kier alpha value is -0.910. The minimum absolute atomic E-state index is 0.207. The summed E-state index contributed by atoms with van der Waals surface area (Å²) in [5.41, 5.74) is 6.83. The zero-order valence-electron chi connectivity index (χ0n) is 9.14. The van der Waals surface area contributed by atoms with Crippen molar-refractivity contribution in [3.8, 4) is 0 Å². The van der Waals surface area contributed by atoms with Crippen LogP contribution in [0.2, 0.25) is 0 Å². The number of hydrogen-bond donors (Lipinski definition) is 2. The number of hydrogen-bond acceptors (Lipinski definition) is 3. The molecule has 5 heteroatoms. The fraction of sp³-hybridized carbons (Fsp3) is 0.400. The van der Waals surface area contributed by atoms with Gasteiger partial charge in [-0.1, -0.05) is 30.3 Å². The summed E-state index contributed by atoms with van der Waals surface area (Å²) >= 11 is 0. The quantitative estimate of drug-likeness (QED) is 0.716. The Bertz CT molecular complexity index is 371. The highest BCUT2D eigenvalue weighted by Gasteiger charge is 2.11. The first-order valence-corrected chi connectivity index (χ1v) is 6.22. The largest absolute Gasteiger partial charge is 0.322 e. The zero-order valence-corrected chi connectivity index (χ0v) is 9.95. The summed E-state index contributed by atoms with van der Waals surface area (Å²) in [4.78, 5) is 0. The van der Waals surface area contributed by atoms with Gasteiger partial charge in [0.25, 0.3) is 10.1 Å². The van der Waals surface area contributed by atoms with Crippen LogP contribution in [0.25, 0.3) is 0 Å². The number of benzene rings is 1. The second-order valence-corrected chi connectivity index (χ2v) is 5.29. The van der Waals surface area contributed by atoms with Gasteiger partial charge in [-0.2, -0.15) is 8.42 Å². The topological polar surface area (TPSA) is 80.4 Å². The van der Waals surface area contributed by atoms with Crippen molar-refractivity contribution >= 4 is 10.1 Å². The molecular formula is C10H17NO3S. The van der Waals surface area contributed by atoms with Crippen LogP contribution < -0.4 is 5.73 Å². The molecule has 0 bridgehead atoms. The molecule has 3 N–H and O–H groups in total. The van der Waals surface area contributed by atoms with E-state index < -0.39 is 10.1 Å². The standard InChI is InChI=1S/C9H13N.CH4O3S/c1-9(2,10)8-6-4-3-5-7-8;1-5(2,3)4/h3-7H,10H2,1-2H3;1H3,(H,2,3,4). The van der Waals surface area contributed by atoms with Crippen molar-refractivity contribution in [1.29, 1.82) is 0 Å². The first-order valence-electron chi connectivity index (χ1n) is 4.37. The van der Waals surface area contributed by atoms with Crippen molar-refractivity contribution in [2.45, 2.75) is 19.4 Å². The van der Waals surface area contributed by atoms with Crippen LogP contribution >= 0.6 is 0 Å². The second-order valence-electron chi connectivity index (χ2n) is 3.82. The molecule has 0 aromatic heterocycles. The van der Waals surface area contributed by atoms with Crippen LogP contribution in [0, 0.1) is 0 Å². The van der Waals surface area contributed by atoms with E-state index in [0.29, 0.717) is 6.26 Å². The fourth-order valence-electron chi connectivity index (χ4n) is 0.868. The predicted molar refractivity (Wildman–Crippen MR) is 61.1 cm³/mol. The van der Waals surface area contributed by atoms with Crippen LogP contribution in [-0.4, -0.2) is 19.2 Å². The highest BCUT2D eigenvalue weighted by atomic mass is 32.2. The third kappa shape index (κ3) is 9.40. The van der Waals surface area contributed by atoms with Gasteiger partial charge in [0.05, 0.1) is 6.26 Å². The molecule has 0 atom stereocenters. The molecule has 0 saturated heterocycles. The van der Waals surface area contributed by atoms with Gasteiger partial charge in [-0.05, 0) is 19.4 Å². The molecule has 0 heterocycles. The van der Waals surface area contributed by atoms with E-state index in [1.807, 2.05) is 44.2 Å². The predicted octanol–water partition coefficient (Wildman–Crippen LogP) is 1.38. The van der Waals surface area contributed by atoms with E-state index in [1.165, 1.54) is 5.56 Å². The molecule has 86 valence electrons. The Morgan fingerprint density at radius 1 is 1.20 bits per heavy atom. The van der Waals surface area contributed by atoms with Crippen molar-refractivity contribution in [2.24, 2.45) is 5.73 Å². The lowest BCUT2D eigenvalue weighted by atomic mass is 9.96. The molecule has 0 fully saturated rings. The van der Waals surface area contributed by atoms with Crippen molar-refractivity contribution in [1.82, 2.24) is 0 Å². The van der Waals surface area contributed by atoms with E-state index in [4.69, 9.17) is 10.3 Å². The first-order chi connectivity index (χ1) is 6.61. The van der Waals surface area contributed by atoms with E-state index in [1.54, 1.807) is 0 Å². The molecule has 1 aromatic rings. The van der Waals surface area contributed by atoms with Gasteiger partial charge in [0.15, 0.2) is 0 Å². The molecule has 0 aliphatic heterocycles. The molecular weight excluding hydrogens is 214 g/mol. The SMILES string of the molecule is CC(C)(N)c1ccccc1.CS(=O)(=O)O. The average Bonchev–Trinajstić information content (AvgIpc) is 2.01. The number of rotatable bonds is 1. The van der Waals surface area contributed by atoms with Gasteiger partial charge in [0.1, 0.15) is 0 Å². The smallest absolute Gasteiger partial charge is 0.261 e. The van der Waals surface area contributed by atoms with Crippen LogP contribution in [-0.2, 0) is 15.7 Å². The van der Waals surface area contributed by atoms with E-state index in [-0.39, 0.29) is 5.54 Å². The molecule has 4 nitrogen and oxygen atoms in total. The van der Waals surface area contributed by atoms with Gasteiger partial charge in [0, 0.05) is 5.54 Å². The van der Waals surface area contributed by atoms with Crippen molar-refractivity contribution in [2.75, 3.05) is 6.26 Å². The van der Waals surface area contributed by atoms with Gasteiger partial charge in [-0.3, -0.25) is 4.55 Å². The summed E-state index contributed by atoms with van der Waals surface area (Å²) in [7, 11) is -3.67. The van der Waals surface area contributed by atoms with Gasteiger partial charge >= 0.3 is 0 Å². The highest BCUT2D eigenvalue weighted by molar-refractivity contribution is 7.85. The van der Waals surface area contributed by atoms with Crippen LogP contribution in [0.15, 0.2) is 30.3 Å². The molecule has 0 unspecified atom stereocenters. The van der Waals surface area contributed by atoms with Crippen LogP contribution in [0.3, 0.4) is 0 Å². The average molecular weight is 231 g/mol. The van der Waals surface area contributed by atoms with E-state index in [0.717, 1.165) is 0 Å². The lowest BCUT2D eigenvalue weighted by Gasteiger charge is -2.18. The van der Waals surface area contributed by atoms with Crippen LogP contribution in [0.4, 0.5) is 0 Å². The maximum absolute atomic E-state index is 9.19. The molecule has 0 saturated carbocycles. The highest BCUT2D eigenvalue weighted by Crippen LogP contribution is 2.14. The maximum Gasteiger partial charge on any atom is 0.261 e. The molecule has 15 heavy (non-hydrogen) atoms. The molecule has 0 radical (unpaired) electrons. The third-order valence-electron chi connectivity index (χ3n) is 1.52. The Kier molecular flexibility index (Phi) is 4.93. The maximum atomic E-state index is 9.19. The summed E-state index contributed by atoms with van der Waals surface area (Å²) < 4.78 is 25.9. The number of nitrogens with two attached hydrogens (primary N) is 1. The molecule has 1 rings (SSSR count). The molecule has 0 amide bonds. The van der Waals surface area contributed by atoms with Gasteiger partial charge < -0.3 is 5.73 Å². The summed E-state index contributed by atoms with van der Waals surface area (Å²) in [6.45, 7) is 4.00. The summed E-state index contributed by atoms with van der Waals surface area (Å²) in [5.74, 6) is 0. The zero-order chi connectivity index (χ0) is 12.1. The summed E-state index contributed by atoms with van der Waals surface area (Å²) in [6, 6.07) is 10.1. The van der Waals surface area contributed by atoms with E-state index in [9.17, 15) is 8.42 Å². The van der Waals surface area contributed by atoms with Gasteiger partial charge in [-0.25, -0.2) is 0 Å². The Labute approximate surface area is 90.9 Å². The monoisotopic (exact) mass is 231 g/mol. The lowest BCUT2D eigenvalue weighted by Crippen LogP contribution is -2.28. The van der Waals surface area contributed by atoms with Crippen molar-refractivity contribution in [3.63, 3.8) is 0 Å². The van der Waals surface area contributed by atoms with Crippen LogP contribution in [0.1, 0.15) is 19.4 Å². The lowest BCUT2D eigenvalue weighted by molar-refractivity contribution is 0.490. The third-order valence-corrected chi connectivity index (χ3v) is 1.52. The summed E-state index contributed by atoms with van der Waals surface area (Å²) in [5, 5.41) is 0. The van der Waals surface area contributed by atoms with Crippen molar-refractivity contribution < 1.29 is 13.0 Å². The molecule has 1 aromatic carbocycles. The van der Waals surface area contributed by atoms with E-state index in [2.05, 4.69) is 0 Å². The van der Waals surface area contributed by atoms with Crippen molar-refractivity contribution in [3.05, 3.63) is 35.9 Å². The second kappa shape index (κ2) is 5.25. The minimum Gasteiger partial charge on any atom is -0.322 e. The van der Waals surface area contributed by atoms with Gasteiger partial charge in [-0.15, -0.1) is 0 Å². The van der Waals surface area contributed by atoms with Crippen LogP contribution in [0.5, 0.6) is 0 Å². The fourth-order valence-corrected chi connectivity index (χ4v) is 0.868. The Morgan fingerprint density at radius 2 is 1.53 bits per heavy atom. The Balaban J connectivity index is 0.000000336. The summed E-state index contributed by atoms with van der Waals surface area (Å²) in [6.07, 6.45) is 0.715. The minimum atomic E-state index is -3.67. The normalized spacial score (nSPS) is 11.5. The molecule has 0 aliphatic carbocycles.